The lowest BCUT2D eigenvalue weighted by Crippen LogP contribution is -2.47. The van der Waals surface area contributed by atoms with Crippen molar-refractivity contribution in [2.24, 2.45) is 13.0 Å². The number of hydrogen-bond donors (Lipinski definition) is 2. The number of nitrogens with one attached hydrogen (secondary N) is 2. The van der Waals surface area contributed by atoms with E-state index in [9.17, 15) is 8.42 Å². The molecule has 0 radical (unpaired) electrons. The molecule has 2 rings (SSSR count). The van der Waals surface area contributed by atoms with Gasteiger partial charge in [0.25, 0.3) is 10.2 Å². The highest BCUT2D eigenvalue weighted by molar-refractivity contribution is 7.87. The Morgan fingerprint density at radius 1 is 1.48 bits per heavy atom. The molecule has 1 aromatic heterocycles. The van der Waals surface area contributed by atoms with Gasteiger partial charge in [-0.05, 0) is 37.9 Å². The fraction of sp³-hybridized carbons (Fsp3) is 0.769. The third-order valence-electron chi connectivity index (χ3n) is 3.86. The summed E-state index contributed by atoms with van der Waals surface area (Å²) >= 11 is 0. The van der Waals surface area contributed by atoms with E-state index in [0.29, 0.717) is 19.0 Å². The number of rotatable bonds is 7. The smallest absolute Gasteiger partial charge is 0.279 e. The molecule has 1 aromatic rings. The quantitative estimate of drug-likeness (QED) is 0.747. The summed E-state index contributed by atoms with van der Waals surface area (Å²) in [5, 5.41) is 7.33. The standard InChI is InChI=1S/C13H25N5O2S/c1-3-14-9-12-5-4-8-18(11-12)21(19,20)16-10-13-6-7-15-17(13)2/h6-7,12,14,16H,3-5,8-11H2,1-2H3. The van der Waals surface area contributed by atoms with Crippen LogP contribution in [0.25, 0.3) is 0 Å². The van der Waals surface area contributed by atoms with Gasteiger partial charge in [-0.2, -0.15) is 22.5 Å². The highest BCUT2D eigenvalue weighted by Gasteiger charge is 2.28. The third-order valence-corrected chi connectivity index (χ3v) is 5.38. The summed E-state index contributed by atoms with van der Waals surface area (Å²) in [5.41, 5.74) is 0.847. The van der Waals surface area contributed by atoms with Crippen LogP contribution in [0.3, 0.4) is 0 Å². The zero-order valence-corrected chi connectivity index (χ0v) is 13.6. The minimum Gasteiger partial charge on any atom is -0.317 e. The first kappa shape index (κ1) is 16.4. The summed E-state index contributed by atoms with van der Waals surface area (Å²) in [5.74, 6) is 0.395. The van der Waals surface area contributed by atoms with E-state index >= 15 is 0 Å². The maximum Gasteiger partial charge on any atom is 0.279 e. The van der Waals surface area contributed by atoms with E-state index < -0.39 is 10.2 Å². The predicted octanol–water partition coefficient (Wildman–Crippen LogP) is 0.0760. The fourth-order valence-electron chi connectivity index (χ4n) is 2.59. The first-order chi connectivity index (χ1) is 10.0. The molecule has 0 spiro atoms. The molecular formula is C13H25N5O2S. The Labute approximate surface area is 126 Å². The summed E-state index contributed by atoms with van der Waals surface area (Å²) in [6.45, 7) is 5.32. The van der Waals surface area contributed by atoms with Crippen molar-refractivity contribution in [3.05, 3.63) is 18.0 Å². The van der Waals surface area contributed by atoms with Gasteiger partial charge >= 0.3 is 0 Å². The SMILES string of the molecule is CCNCC1CCCN(S(=O)(=O)NCc2ccnn2C)C1. The highest BCUT2D eigenvalue weighted by atomic mass is 32.2. The second-order valence-corrected chi connectivity index (χ2v) is 7.20. The van der Waals surface area contributed by atoms with Crippen molar-refractivity contribution in [2.45, 2.75) is 26.3 Å². The van der Waals surface area contributed by atoms with Crippen LogP contribution in [0.15, 0.2) is 12.3 Å². The lowest BCUT2D eigenvalue weighted by atomic mass is 10.00. The van der Waals surface area contributed by atoms with Crippen LogP contribution in [-0.4, -0.2) is 48.7 Å². The van der Waals surface area contributed by atoms with Gasteiger partial charge < -0.3 is 5.32 Å². The maximum atomic E-state index is 12.4. The van der Waals surface area contributed by atoms with Crippen molar-refractivity contribution in [3.8, 4) is 0 Å². The minimum atomic E-state index is -3.42. The molecule has 0 aliphatic carbocycles. The van der Waals surface area contributed by atoms with Crippen LogP contribution in [0, 0.1) is 5.92 Å². The van der Waals surface area contributed by atoms with Crippen molar-refractivity contribution in [1.82, 2.24) is 24.1 Å². The molecular weight excluding hydrogens is 290 g/mol. The highest BCUT2D eigenvalue weighted by Crippen LogP contribution is 2.18. The first-order valence-electron chi connectivity index (χ1n) is 7.45. The van der Waals surface area contributed by atoms with Gasteiger partial charge in [-0.25, -0.2) is 0 Å². The van der Waals surface area contributed by atoms with Crippen molar-refractivity contribution < 1.29 is 8.42 Å². The molecule has 8 heteroatoms. The van der Waals surface area contributed by atoms with Crippen LogP contribution in [0.4, 0.5) is 0 Å². The van der Waals surface area contributed by atoms with E-state index in [0.717, 1.165) is 31.6 Å². The van der Waals surface area contributed by atoms with E-state index in [2.05, 4.69) is 22.1 Å². The summed E-state index contributed by atoms with van der Waals surface area (Å²) < 4.78 is 30.7. The van der Waals surface area contributed by atoms with E-state index in [-0.39, 0.29) is 6.54 Å². The fourth-order valence-corrected chi connectivity index (χ4v) is 3.88. The van der Waals surface area contributed by atoms with Gasteiger partial charge in [0.05, 0.1) is 12.2 Å². The minimum absolute atomic E-state index is 0.271. The van der Waals surface area contributed by atoms with Gasteiger partial charge in [0.2, 0.25) is 0 Å². The Hall–Kier alpha value is -0.960. The Kier molecular flexibility index (Phi) is 5.74. The molecule has 1 aliphatic heterocycles. The van der Waals surface area contributed by atoms with Crippen molar-refractivity contribution >= 4 is 10.2 Å². The predicted molar refractivity (Wildman–Crippen MR) is 81.8 cm³/mol. The van der Waals surface area contributed by atoms with Crippen LogP contribution < -0.4 is 10.0 Å². The van der Waals surface area contributed by atoms with Gasteiger partial charge in [0.1, 0.15) is 0 Å². The van der Waals surface area contributed by atoms with Gasteiger partial charge in [0.15, 0.2) is 0 Å². The van der Waals surface area contributed by atoms with Crippen molar-refractivity contribution in [2.75, 3.05) is 26.2 Å². The van der Waals surface area contributed by atoms with Crippen LogP contribution in [0.5, 0.6) is 0 Å². The largest absolute Gasteiger partial charge is 0.317 e. The molecule has 2 heterocycles. The molecule has 1 fully saturated rings. The summed E-state index contributed by atoms with van der Waals surface area (Å²) in [6.07, 6.45) is 3.67. The maximum absolute atomic E-state index is 12.4. The van der Waals surface area contributed by atoms with E-state index in [1.54, 1.807) is 22.2 Å². The molecule has 0 bridgehead atoms. The molecule has 0 saturated carbocycles. The molecule has 2 N–H and O–H groups in total. The molecule has 1 atom stereocenters. The van der Waals surface area contributed by atoms with Gasteiger partial charge in [-0.3, -0.25) is 4.68 Å². The zero-order chi connectivity index (χ0) is 15.3. The first-order valence-corrected chi connectivity index (χ1v) is 8.89. The second kappa shape index (κ2) is 7.35. The topological polar surface area (TPSA) is 79.3 Å². The normalized spacial score (nSPS) is 20.8. The molecule has 120 valence electrons. The van der Waals surface area contributed by atoms with Crippen LogP contribution >= 0.6 is 0 Å². The molecule has 7 nitrogen and oxygen atoms in total. The summed E-state index contributed by atoms with van der Waals surface area (Å²) in [4.78, 5) is 0. The number of hydrogen-bond acceptors (Lipinski definition) is 4. The number of nitrogens with zero attached hydrogens (tertiary/aromatic N) is 3. The number of piperidine rings is 1. The molecule has 0 aromatic carbocycles. The van der Waals surface area contributed by atoms with Crippen LogP contribution in [0.2, 0.25) is 0 Å². The van der Waals surface area contributed by atoms with E-state index in [1.807, 2.05) is 6.07 Å². The Morgan fingerprint density at radius 3 is 2.95 bits per heavy atom. The van der Waals surface area contributed by atoms with Crippen molar-refractivity contribution in [1.29, 1.82) is 0 Å². The van der Waals surface area contributed by atoms with Crippen LogP contribution in [0.1, 0.15) is 25.5 Å². The van der Waals surface area contributed by atoms with E-state index in [4.69, 9.17) is 0 Å². The molecule has 1 saturated heterocycles. The molecule has 21 heavy (non-hydrogen) atoms. The van der Waals surface area contributed by atoms with E-state index in [1.165, 1.54) is 0 Å². The zero-order valence-electron chi connectivity index (χ0n) is 12.7. The average molecular weight is 315 g/mol. The molecule has 1 aliphatic rings. The van der Waals surface area contributed by atoms with Crippen LogP contribution in [-0.2, 0) is 23.8 Å². The molecule has 1 unspecified atom stereocenters. The second-order valence-electron chi connectivity index (χ2n) is 5.45. The summed E-state index contributed by atoms with van der Waals surface area (Å²) in [7, 11) is -1.62. The van der Waals surface area contributed by atoms with Gasteiger partial charge in [-0.15, -0.1) is 0 Å². The van der Waals surface area contributed by atoms with Gasteiger partial charge in [0, 0.05) is 26.3 Å². The lowest BCUT2D eigenvalue weighted by molar-refractivity contribution is 0.258. The Bertz CT molecular complexity index is 543. The molecule has 0 amide bonds. The lowest BCUT2D eigenvalue weighted by Gasteiger charge is -2.32. The Morgan fingerprint density at radius 2 is 2.29 bits per heavy atom. The monoisotopic (exact) mass is 315 g/mol. The average Bonchev–Trinajstić information content (AvgIpc) is 2.89. The number of aromatic nitrogens is 2. The van der Waals surface area contributed by atoms with Gasteiger partial charge in [-0.1, -0.05) is 6.92 Å². The van der Waals surface area contributed by atoms with Crippen molar-refractivity contribution in [3.63, 3.8) is 0 Å². The summed E-state index contributed by atoms with van der Waals surface area (Å²) in [6, 6.07) is 1.81. The third kappa shape index (κ3) is 4.50. The Balaban J connectivity index is 1.90. The number of aryl methyl sites for hydroxylation is 1.